The lowest BCUT2D eigenvalue weighted by Crippen LogP contribution is -2.26. The average molecular weight is 455 g/mol. The van der Waals surface area contributed by atoms with Gasteiger partial charge in [-0.1, -0.05) is 0 Å². The number of carbonyl (C=O) groups is 2. The first kappa shape index (κ1) is 20.0. The van der Waals surface area contributed by atoms with Crippen molar-refractivity contribution in [2.24, 2.45) is 0 Å². The Kier molecular flexibility index (Phi) is 4.41. The van der Waals surface area contributed by atoms with Gasteiger partial charge in [-0.25, -0.2) is 0 Å². The van der Waals surface area contributed by atoms with E-state index in [4.69, 9.17) is 18.6 Å². The highest BCUT2D eigenvalue weighted by Gasteiger charge is 2.39. The number of aromatic nitrogens is 1. The first-order chi connectivity index (χ1) is 16.5. The Balaban J connectivity index is 1.52. The van der Waals surface area contributed by atoms with E-state index in [0.29, 0.717) is 33.7 Å². The van der Waals surface area contributed by atoms with Crippen LogP contribution in [-0.4, -0.2) is 23.8 Å². The Morgan fingerprint density at radius 2 is 1.94 bits per heavy atom. The molecule has 0 radical (unpaired) electrons. The molecule has 0 unspecified atom stereocenters. The minimum Gasteiger partial charge on any atom is -0.497 e. The maximum absolute atomic E-state index is 13.1. The summed E-state index contributed by atoms with van der Waals surface area (Å²) >= 11 is 0. The number of pyridine rings is 1. The molecule has 0 bridgehead atoms. The van der Waals surface area contributed by atoms with Crippen molar-refractivity contribution in [3.05, 3.63) is 93.4 Å². The van der Waals surface area contributed by atoms with Gasteiger partial charge in [-0.3, -0.25) is 14.4 Å². The van der Waals surface area contributed by atoms with Crippen molar-refractivity contribution in [1.29, 1.82) is 0 Å². The molecule has 2 aliphatic rings. The van der Waals surface area contributed by atoms with Gasteiger partial charge in [-0.2, -0.15) is 0 Å². The predicted molar refractivity (Wildman–Crippen MR) is 121 cm³/mol. The summed E-state index contributed by atoms with van der Waals surface area (Å²) in [5, 5.41) is 0.748. The Labute approximate surface area is 192 Å². The molecule has 0 fully saturated rings. The van der Waals surface area contributed by atoms with Crippen LogP contribution in [0.5, 0.6) is 17.2 Å². The fourth-order valence-electron chi connectivity index (χ4n) is 4.46. The van der Waals surface area contributed by atoms with Gasteiger partial charge >= 0.3 is 5.97 Å². The second-order valence-corrected chi connectivity index (χ2v) is 8.05. The van der Waals surface area contributed by atoms with Gasteiger partial charge < -0.3 is 23.6 Å². The normalized spacial score (nSPS) is 17.9. The van der Waals surface area contributed by atoms with Crippen molar-refractivity contribution in [2.75, 3.05) is 7.11 Å². The molecule has 0 spiro atoms. The van der Waals surface area contributed by atoms with Gasteiger partial charge in [-0.05, 0) is 48.5 Å². The molecule has 168 valence electrons. The zero-order valence-electron chi connectivity index (χ0n) is 17.9. The van der Waals surface area contributed by atoms with Crippen LogP contribution < -0.4 is 19.8 Å². The van der Waals surface area contributed by atoms with Crippen molar-refractivity contribution in [3.8, 4) is 17.2 Å². The maximum Gasteiger partial charge on any atom is 0.312 e. The molecular weight excluding hydrogens is 438 g/mol. The Morgan fingerprint density at radius 1 is 1.06 bits per heavy atom. The Hall–Kier alpha value is -4.59. The van der Waals surface area contributed by atoms with Gasteiger partial charge in [0.25, 0.3) is 5.56 Å². The van der Waals surface area contributed by atoms with Crippen LogP contribution in [0.2, 0.25) is 0 Å². The maximum atomic E-state index is 13.1. The van der Waals surface area contributed by atoms with Gasteiger partial charge in [0.05, 0.1) is 25.4 Å². The van der Waals surface area contributed by atoms with Gasteiger partial charge in [0.15, 0.2) is 5.76 Å². The van der Waals surface area contributed by atoms with Crippen molar-refractivity contribution in [3.63, 3.8) is 0 Å². The number of allylic oxidation sites excluding steroid dienone is 1. The van der Waals surface area contributed by atoms with Crippen LogP contribution >= 0.6 is 0 Å². The van der Waals surface area contributed by atoms with Crippen LogP contribution in [0.3, 0.4) is 0 Å². The third-order valence-corrected chi connectivity index (χ3v) is 6.05. The van der Waals surface area contributed by atoms with E-state index in [0.717, 1.165) is 5.39 Å². The Bertz CT molecular complexity index is 1580. The zero-order valence-corrected chi connectivity index (χ0v) is 17.9. The first-order valence-corrected chi connectivity index (χ1v) is 10.6. The topological polar surface area (TPSA) is 108 Å². The Morgan fingerprint density at radius 3 is 2.74 bits per heavy atom. The molecule has 8 heteroatoms. The largest absolute Gasteiger partial charge is 0.497 e. The number of hydrogen-bond acceptors (Lipinski definition) is 7. The number of Topliss-reactive ketones (excluding diaryl/α,β-unsaturated/α-hetero) is 1. The summed E-state index contributed by atoms with van der Waals surface area (Å²) in [4.78, 5) is 41.4. The highest BCUT2D eigenvalue weighted by atomic mass is 16.5. The molecule has 4 heterocycles. The van der Waals surface area contributed by atoms with Gasteiger partial charge in [-0.15, -0.1) is 0 Å². The number of benzene rings is 2. The summed E-state index contributed by atoms with van der Waals surface area (Å²) < 4.78 is 22.0. The fourth-order valence-corrected chi connectivity index (χ4v) is 4.46. The van der Waals surface area contributed by atoms with Gasteiger partial charge in [0.1, 0.15) is 23.0 Å². The van der Waals surface area contributed by atoms with Crippen LogP contribution in [0.4, 0.5) is 0 Å². The summed E-state index contributed by atoms with van der Waals surface area (Å²) in [5.41, 5.74) is 1.49. The number of methoxy groups -OCH3 is 1. The summed E-state index contributed by atoms with van der Waals surface area (Å²) in [6.07, 6.45) is 2.93. The molecule has 1 atom stereocenters. The van der Waals surface area contributed by atoms with Crippen molar-refractivity contribution in [2.45, 2.75) is 12.3 Å². The molecule has 0 aliphatic carbocycles. The second kappa shape index (κ2) is 7.48. The number of H-pyrrole nitrogens is 1. The molecule has 0 amide bonds. The zero-order chi connectivity index (χ0) is 23.4. The number of fused-ring (bicyclic) bond motifs is 4. The SMILES string of the molecule is COc1ccc2[nH]c(=O)c([C@H]3CC(=O)Oc4ccc5c(c43)O/C(=C\c3ccco3)C5=O)cc2c1. The van der Waals surface area contributed by atoms with Crippen molar-refractivity contribution < 1.29 is 28.2 Å². The number of aromatic amines is 1. The predicted octanol–water partition coefficient (Wildman–Crippen LogP) is 4.19. The van der Waals surface area contributed by atoms with E-state index in [2.05, 4.69) is 4.98 Å². The quantitative estimate of drug-likeness (QED) is 0.280. The summed E-state index contributed by atoms with van der Waals surface area (Å²) in [6.45, 7) is 0. The molecule has 0 saturated heterocycles. The van der Waals surface area contributed by atoms with E-state index >= 15 is 0 Å². The highest BCUT2D eigenvalue weighted by molar-refractivity contribution is 6.15. The van der Waals surface area contributed by atoms with Gasteiger partial charge in [0, 0.05) is 34.0 Å². The fraction of sp³-hybridized carbons (Fsp3) is 0.115. The average Bonchev–Trinajstić information content (AvgIpc) is 3.46. The number of ether oxygens (including phenoxy) is 3. The van der Waals surface area contributed by atoms with Crippen LogP contribution in [0.15, 0.2) is 69.8 Å². The molecule has 2 aliphatic heterocycles. The van der Waals surface area contributed by atoms with E-state index < -0.39 is 11.9 Å². The minimum absolute atomic E-state index is 0.0726. The molecular formula is C26H17NO7. The molecule has 1 N–H and O–H groups in total. The second-order valence-electron chi connectivity index (χ2n) is 8.05. The molecule has 34 heavy (non-hydrogen) atoms. The first-order valence-electron chi connectivity index (χ1n) is 10.6. The lowest BCUT2D eigenvalue weighted by molar-refractivity contribution is -0.135. The lowest BCUT2D eigenvalue weighted by atomic mass is 9.85. The monoisotopic (exact) mass is 455 g/mol. The minimum atomic E-state index is -0.665. The number of nitrogens with one attached hydrogen (secondary N) is 1. The summed E-state index contributed by atoms with van der Waals surface area (Å²) in [7, 11) is 1.56. The van der Waals surface area contributed by atoms with E-state index in [-0.39, 0.29) is 35.0 Å². The number of furan rings is 1. The van der Waals surface area contributed by atoms with E-state index in [1.165, 1.54) is 12.3 Å². The van der Waals surface area contributed by atoms with Crippen LogP contribution in [0.1, 0.15) is 39.6 Å². The number of esters is 1. The third kappa shape index (κ3) is 3.11. The summed E-state index contributed by atoms with van der Waals surface area (Å²) in [6, 6.07) is 13.6. The van der Waals surface area contributed by atoms with Crippen LogP contribution in [-0.2, 0) is 4.79 Å². The number of hydrogen-bond donors (Lipinski definition) is 1. The molecule has 6 rings (SSSR count). The number of rotatable bonds is 3. The molecule has 0 saturated carbocycles. The smallest absolute Gasteiger partial charge is 0.312 e. The molecule has 2 aromatic carbocycles. The molecule has 2 aromatic heterocycles. The third-order valence-electron chi connectivity index (χ3n) is 6.05. The van der Waals surface area contributed by atoms with Crippen molar-refractivity contribution >= 4 is 28.7 Å². The van der Waals surface area contributed by atoms with Crippen molar-refractivity contribution in [1.82, 2.24) is 4.98 Å². The van der Waals surface area contributed by atoms with E-state index in [1.807, 2.05) is 0 Å². The van der Waals surface area contributed by atoms with Crippen LogP contribution in [0, 0.1) is 0 Å². The van der Waals surface area contributed by atoms with Gasteiger partial charge in [0.2, 0.25) is 5.78 Å². The standard InChI is InChI=1S/C26H17NO7/c1-31-14-4-6-19-13(9-14)10-18(26(30)27-19)17-12-22(28)33-20-7-5-16-24(29)21(34-25(16)23(17)20)11-15-3-2-8-32-15/h2-11,17H,12H2,1H3,(H,27,30)/b21-11-/t17-/m1/s1. The van der Waals surface area contributed by atoms with E-state index in [1.54, 1.807) is 55.6 Å². The number of carbonyl (C=O) groups excluding carboxylic acids is 2. The van der Waals surface area contributed by atoms with E-state index in [9.17, 15) is 14.4 Å². The van der Waals surface area contributed by atoms with Crippen LogP contribution in [0.25, 0.3) is 17.0 Å². The highest BCUT2D eigenvalue weighted by Crippen LogP contribution is 2.48. The number of ketones is 1. The lowest BCUT2D eigenvalue weighted by Gasteiger charge is -2.26. The molecule has 8 nitrogen and oxygen atoms in total. The summed E-state index contributed by atoms with van der Waals surface area (Å²) in [5.74, 6) is 0.275. The molecule has 4 aromatic rings.